The van der Waals surface area contributed by atoms with E-state index < -0.39 is 0 Å². The lowest BCUT2D eigenvalue weighted by Crippen LogP contribution is -2.06. The molecule has 0 heterocycles. The lowest BCUT2D eigenvalue weighted by atomic mass is 9.96. The van der Waals surface area contributed by atoms with E-state index in [0.29, 0.717) is 11.8 Å². The van der Waals surface area contributed by atoms with E-state index >= 15 is 0 Å². The van der Waals surface area contributed by atoms with Crippen molar-refractivity contribution in [2.75, 3.05) is 5.88 Å². The van der Waals surface area contributed by atoms with Gasteiger partial charge in [-0.25, -0.2) is 4.39 Å². The van der Waals surface area contributed by atoms with Crippen molar-refractivity contribution >= 4 is 11.6 Å². The number of hydrogen-bond donors (Lipinski definition) is 0. The minimum Gasteiger partial charge on any atom is -0.207 e. The molecule has 1 unspecified atom stereocenters. The summed E-state index contributed by atoms with van der Waals surface area (Å²) in [5.74, 6) is 0.987. The highest BCUT2D eigenvalue weighted by Gasteiger charge is 2.08. The molecule has 2 heteroatoms. The molecule has 0 N–H and O–H groups in total. The Morgan fingerprint density at radius 3 is 2.80 bits per heavy atom. The molecule has 1 rings (SSSR count). The predicted molar refractivity (Wildman–Crippen MR) is 63.8 cm³/mol. The third-order valence-electron chi connectivity index (χ3n) is 2.60. The van der Waals surface area contributed by atoms with Gasteiger partial charge < -0.3 is 0 Å². The van der Waals surface area contributed by atoms with Gasteiger partial charge in [-0.05, 0) is 36.5 Å². The van der Waals surface area contributed by atoms with Crippen LogP contribution in [0.3, 0.4) is 0 Å². The Hall–Kier alpha value is -0.560. The van der Waals surface area contributed by atoms with E-state index in [4.69, 9.17) is 11.6 Å². The third kappa shape index (κ3) is 4.65. The second-order valence-electron chi connectivity index (χ2n) is 4.00. The summed E-state index contributed by atoms with van der Waals surface area (Å²) in [6.07, 6.45) is 4.42. The molecule has 0 aliphatic rings. The van der Waals surface area contributed by atoms with Gasteiger partial charge >= 0.3 is 0 Å². The van der Waals surface area contributed by atoms with E-state index in [1.807, 2.05) is 6.07 Å². The summed E-state index contributed by atoms with van der Waals surface area (Å²) in [6.45, 7) is 2.17. The van der Waals surface area contributed by atoms with Gasteiger partial charge in [0.25, 0.3) is 0 Å². The van der Waals surface area contributed by atoms with Gasteiger partial charge in [0.15, 0.2) is 0 Å². The van der Waals surface area contributed by atoms with E-state index in [9.17, 15) is 4.39 Å². The van der Waals surface area contributed by atoms with Crippen LogP contribution >= 0.6 is 11.6 Å². The molecular weight excluding hydrogens is 211 g/mol. The van der Waals surface area contributed by atoms with Crippen LogP contribution in [-0.2, 0) is 6.42 Å². The van der Waals surface area contributed by atoms with Crippen LogP contribution in [0.5, 0.6) is 0 Å². The van der Waals surface area contributed by atoms with E-state index in [1.165, 1.54) is 18.9 Å². The Balaban J connectivity index is 2.50. The van der Waals surface area contributed by atoms with E-state index in [-0.39, 0.29) is 5.82 Å². The second-order valence-corrected chi connectivity index (χ2v) is 4.31. The van der Waals surface area contributed by atoms with Crippen LogP contribution in [0.25, 0.3) is 0 Å². The van der Waals surface area contributed by atoms with Gasteiger partial charge in [0, 0.05) is 5.88 Å². The van der Waals surface area contributed by atoms with Crippen molar-refractivity contribution in [3.63, 3.8) is 0 Å². The summed E-state index contributed by atoms with van der Waals surface area (Å²) >= 11 is 5.90. The Bertz CT molecular complexity index is 286. The van der Waals surface area contributed by atoms with Crippen molar-refractivity contribution in [2.45, 2.75) is 32.6 Å². The van der Waals surface area contributed by atoms with Crippen molar-refractivity contribution in [1.29, 1.82) is 0 Å². The molecule has 0 saturated heterocycles. The highest BCUT2D eigenvalue weighted by atomic mass is 35.5. The maximum atomic E-state index is 12.9. The zero-order chi connectivity index (χ0) is 11.1. The molecule has 0 aliphatic heterocycles. The van der Waals surface area contributed by atoms with Crippen molar-refractivity contribution in [3.05, 3.63) is 35.6 Å². The molecule has 0 bridgehead atoms. The van der Waals surface area contributed by atoms with Crippen LogP contribution < -0.4 is 0 Å². The van der Waals surface area contributed by atoms with Gasteiger partial charge in [-0.2, -0.15) is 0 Å². The average Bonchev–Trinajstić information content (AvgIpc) is 2.24. The molecule has 0 aliphatic carbocycles. The van der Waals surface area contributed by atoms with Gasteiger partial charge in [0.05, 0.1) is 0 Å². The van der Waals surface area contributed by atoms with Crippen molar-refractivity contribution < 1.29 is 4.39 Å². The molecule has 0 fully saturated rings. The molecule has 0 aromatic heterocycles. The van der Waals surface area contributed by atoms with E-state index in [1.54, 1.807) is 12.1 Å². The van der Waals surface area contributed by atoms with Crippen molar-refractivity contribution in [1.82, 2.24) is 0 Å². The van der Waals surface area contributed by atoms with Crippen LogP contribution in [0.2, 0.25) is 0 Å². The third-order valence-corrected chi connectivity index (χ3v) is 3.03. The second kappa shape index (κ2) is 6.84. The monoisotopic (exact) mass is 228 g/mol. The average molecular weight is 229 g/mol. The molecule has 0 radical (unpaired) electrons. The van der Waals surface area contributed by atoms with Crippen molar-refractivity contribution in [2.24, 2.45) is 5.92 Å². The van der Waals surface area contributed by atoms with Crippen LogP contribution in [0.15, 0.2) is 24.3 Å². The van der Waals surface area contributed by atoms with Gasteiger partial charge in [-0.15, -0.1) is 11.6 Å². The van der Waals surface area contributed by atoms with E-state index in [0.717, 1.165) is 18.4 Å². The topological polar surface area (TPSA) is 0 Å². The first-order valence-electron chi connectivity index (χ1n) is 5.56. The first kappa shape index (κ1) is 12.5. The molecule has 0 spiro atoms. The van der Waals surface area contributed by atoms with Crippen LogP contribution in [-0.4, -0.2) is 5.88 Å². The fraction of sp³-hybridized carbons (Fsp3) is 0.538. The smallest absolute Gasteiger partial charge is 0.123 e. The first-order valence-corrected chi connectivity index (χ1v) is 6.10. The highest BCUT2D eigenvalue weighted by Crippen LogP contribution is 2.17. The lowest BCUT2D eigenvalue weighted by Gasteiger charge is -2.13. The summed E-state index contributed by atoms with van der Waals surface area (Å²) in [5.41, 5.74) is 1.05. The lowest BCUT2D eigenvalue weighted by molar-refractivity contribution is 0.507. The summed E-state index contributed by atoms with van der Waals surface area (Å²) < 4.78 is 12.9. The molecule has 0 saturated carbocycles. The van der Waals surface area contributed by atoms with Crippen LogP contribution in [0, 0.1) is 11.7 Å². The zero-order valence-electron chi connectivity index (χ0n) is 9.18. The highest BCUT2D eigenvalue weighted by molar-refractivity contribution is 6.18. The molecule has 15 heavy (non-hydrogen) atoms. The minimum atomic E-state index is -0.156. The molecule has 1 aromatic carbocycles. The maximum absolute atomic E-state index is 12.9. The number of hydrogen-bond acceptors (Lipinski definition) is 0. The number of rotatable bonds is 6. The van der Waals surface area contributed by atoms with Gasteiger partial charge in [-0.3, -0.25) is 0 Å². The Morgan fingerprint density at radius 2 is 2.20 bits per heavy atom. The summed E-state index contributed by atoms with van der Waals surface area (Å²) in [4.78, 5) is 0. The quantitative estimate of drug-likeness (QED) is 0.633. The summed E-state index contributed by atoms with van der Waals surface area (Å²) in [5, 5.41) is 0. The number of unbranched alkanes of at least 4 members (excludes halogenated alkanes) is 1. The number of halogens is 2. The molecule has 1 atom stereocenters. The zero-order valence-corrected chi connectivity index (χ0v) is 9.93. The maximum Gasteiger partial charge on any atom is 0.123 e. The van der Waals surface area contributed by atoms with Crippen LogP contribution in [0.4, 0.5) is 4.39 Å². The fourth-order valence-corrected chi connectivity index (χ4v) is 1.99. The Kier molecular flexibility index (Phi) is 5.70. The summed E-state index contributed by atoms with van der Waals surface area (Å²) in [6, 6.07) is 6.81. The van der Waals surface area contributed by atoms with Gasteiger partial charge in [0.1, 0.15) is 5.82 Å². The molecule has 84 valence electrons. The van der Waals surface area contributed by atoms with E-state index in [2.05, 4.69) is 6.92 Å². The first-order chi connectivity index (χ1) is 7.26. The Morgan fingerprint density at radius 1 is 1.40 bits per heavy atom. The Labute approximate surface area is 96.5 Å². The summed E-state index contributed by atoms with van der Waals surface area (Å²) in [7, 11) is 0. The van der Waals surface area contributed by atoms with Gasteiger partial charge in [-0.1, -0.05) is 31.9 Å². The normalized spacial score (nSPS) is 12.7. The SMILES string of the molecule is CCCCC(CCl)Cc1cccc(F)c1. The number of benzene rings is 1. The molecule has 0 amide bonds. The number of alkyl halides is 1. The predicted octanol–water partition coefficient (Wildman–Crippen LogP) is 4.41. The molecule has 0 nitrogen and oxygen atoms in total. The molecular formula is C13H18ClF. The molecule has 1 aromatic rings. The van der Waals surface area contributed by atoms with Crippen LogP contribution in [0.1, 0.15) is 31.7 Å². The standard InChI is InChI=1S/C13H18ClF/c1-2-3-5-12(10-14)8-11-6-4-7-13(15)9-11/h4,6-7,9,12H,2-3,5,8,10H2,1H3. The van der Waals surface area contributed by atoms with Crippen molar-refractivity contribution in [3.8, 4) is 0 Å². The largest absolute Gasteiger partial charge is 0.207 e. The fourth-order valence-electron chi connectivity index (χ4n) is 1.72. The minimum absolute atomic E-state index is 0.156. The van der Waals surface area contributed by atoms with Gasteiger partial charge in [0.2, 0.25) is 0 Å².